The number of nitrogens with one attached hydrogen (secondary N) is 1. The normalized spacial score (nSPS) is 30.1. The van der Waals surface area contributed by atoms with Crippen LogP contribution in [0.3, 0.4) is 0 Å². The molecule has 1 aliphatic carbocycles. The summed E-state index contributed by atoms with van der Waals surface area (Å²) in [7, 11) is 2.08. The van der Waals surface area contributed by atoms with E-state index in [2.05, 4.69) is 18.4 Å². The second kappa shape index (κ2) is 4.94. The van der Waals surface area contributed by atoms with Crippen LogP contribution in [0, 0.1) is 5.92 Å². The molecule has 0 bridgehead atoms. The van der Waals surface area contributed by atoms with Crippen molar-refractivity contribution in [2.45, 2.75) is 38.1 Å². The fourth-order valence-corrected chi connectivity index (χ4v) is 2.73. The Hall–Kier alpha value is -0.340. The molecule has 1 heterocycles. The molecule has 0 aromatic carbocycles. The molecule has 1 N–H and O–H groups in total. The van der Waals surface area contributed by atoms with E-state index in [1.807, 2.05) is 0 Å². The lowest BCUT2D eigenvalue weighted by Crippen LogP contribution is -2.39. The van der Waals surface area contributed by atoms with Crippen LogP contribution in [-0.4, -0.2) is 26.3 Å². The van der Waals surface area contributed by atoms with Crippen LogP contribution in [0.25, 0.3) is 0 Å². The summed E-state index contributed by atoms with van der Waals surface area (Å²) in [5, 5.41) is 3.47. The minimum atomic E-state index is 0.581. The second-order valence-corrected chi connectivity index (χ2v) is 4.41. The average Bonchev–Trinajstić information content (AvgIpc) is 2.74. The van der Waals surface area contributed by atoms with E-state index in [0.717, 1.165) is 13.2 Å². The Balaban J connectivity index is 1.96. The van der Waals surface area contributed by atoms with Gasteiger partial charge in [0, 0.05) is 18.6 Å². The molecule has 2 heteroatoms. The van der Waals surface area contributed by atoms with E-state index in [4.69, 9.17) is 4.74 Å². The summed E-state index contributed by atoms with van der Waals surface area (Å²) in [6, 6.07) is 0.581. The van der Waals surface area contributed by atoms with Gasteiger partial charge in [0.15, 0.2) is 0 Å². The maximum atomic E-state index is 5.56. The van der Waals surface area contributed by atoms with Gasteiger partial charge < -0.3 is 10.1 Å². The van der Waals surface area contributed by atoms with Crippen LogP contribution >= 0.6 is 0 Å². The molecule has 0 aromatic heterocycles. The van der Waals surface area contributed by atoms with Gasteiger partial charge in [-0.25, -0.2) is 0 Å². The Bertz CT molecular complexity index is 206. The van der Waals surface area contributed by atoms with Crippen molar-refractivity contribution in [1.29, 1.82) is 0 Å². The third kappa shape index (κ3) is 2.18. The Kier molecular flexibility index (Phi) is 3.60. The molecule has 2 rings (SSSR count). The van der Waals surface area contributed by atoms with Gasteiger partial charge in [-0.05, 0) is 39.2 Å². The molecule has 0 aromatic rings. The first-order valence-corrected chi connectivity index (χ1v) is 5.86. The maximum Gasteiger partial charge on any atom is 0.0512 e. The summed E-state index contributed by atoms with van der Waals surface area (Å²) in [6.45, 7) is 1.91. The summed E-state index contributed by atoms with van der Waals surface area (Å²) in [4.78, 5) is 0. The first-order chi connectivity index (χ1) is 6.92. The predicted molar refractivity (Wildman–Crippen MR) is 58.3 cm³/mol. The molecule has 0 radical (unpaired) electrons. The van der Waals surface area contributed by atoms with Crippen LogP contribution in [0.4, 0.5) is 0 Å². The molecule has 80 valence electrons. The van der Waals surface area contributed by atoms with Crippen molar-refractivity contribution in [3.8, 4) is 0 Å². The predicted octanol–water partition coefficient (Wildman–Crippen LogP) is 2.11. The van der Waals surface area contributed by atoms with Gasteiger partial charge in [-0.1, -0.05) is 11.6 Å². The lowest BCUT2D eigenvalue weighted by atomic mass is 9.88. The molecule has 0 spiro atoms. The molecule has 1 saturated heterocycles. The van der Waals surface area contributed by atoms with E-state index in [1.165, 1.54) is 32.1 Å². The molecule has 14 heavy (non-hydrogen) atoms. The average molecular weight is 195 g/mol. The molecular weight excluding hydrogens is 174 g/mol. The van der Waals surface area contributed by atoms with E-state index in [-0.39, 0.29) is 0 Å². The van der Waals surface area contributed by atoms with E-state index in [9.17, 15) is 0 Å². The summed E-state index contributed by atoms with van der Waals surface area (Å²) in [5.74, 6) is 0.707. The lowest BCUT2D eigenvalue weighted by molar-refractivity contribution is 0.0451. The van der Waals surface area contributed by atoms with Gasteiger partial charge >= 0.3 is 0 Å². The fraction of sp³-hybridized carbons (Fsp3) is 0.833. The van der Waals surface area contributed by atoms with Crippen molar-refractivity contribution in [1.82, 2.24) is 5.32 Å². The Morgan fingerprint density at radius 2 is 2.43 bits per heavy atom. The van der Waals surface area contributed by atoms with E-state index >= 15 is 0 Å². The monoisotopic (exact) mass is 195 g/mol. The van der Waals surface area contributed by atoms with Gasteiger partial charge in [-0.15, -0.1) is 0 Å². The zero-order valence-corrected chi connectivity index (χ0v) is 9.09. The zero-order valence-electron chi connectivity index (χ0n) is 9.09. The third-order valence-corrected chi connectivity index (χ3v) is 3.45. The molecule has 2 unspecified atom stereocenters. The molecule has 0 amide bonds. The zero-order chi connectivity index (χ0) is 9.80. The molecule has 0 saturated carbocycles. The van der Waals surface area contributed by atoms with Gasteiger partial charge in [-0.3, -0.25) is 0 Å². The van der Waals surface area contributed by atoms with Crippen molar-refractivity contribution in [3.63, 3.8) is 0 Å². The molecule has 2 atom stereocenters. The molecule has 2 nitrogen and oxygen atoms in total. The standard InChI is InChI=1S/C12H21NO/c1-13-12(10-5-2-3-6-10)11-7-4-8-14-9-11/h5,11-13H,2-4,6-9H2,1H3. The summed E-state index contributed by atoms with van der Waals surface area (Å²) in [5.41, 5.74) is 1.63. The van der Waals surface area contributed by atoms with Crippen molar-refractivity contribution < 1.29 is 4.74 Å². The van der Waals surface area contributed by atoms with Crippen LogP contribution in [-0.2, 0) is 4.74 Å². The highest BCUT2D eigenvalue weighted by molar-refractivity contribution is 5.16. The van der Waals surface area contributed by atoms with Crippen molar-refractivity contribution in [2.75, 3.05) is 20.3 Å². The highest BCUT2D eigenvalue weighted by atomic mass is 16.5. The minimum Gasteiger partial charge on any atom is -0.381 e. The van der Waals surface area contributed by atoms with Crippen LogP contribution < -0.4 is 5.32 Å². The minimum absolute atomic E-state index is 0.581. The lowest BCUT2D eigenvalue weighted by Gasteiger charge is -2.31. The van der Waals surface area contributed by atoms with Gasteiger partial charge in [0.1, 0.15) is 0 Å². The van der Waals surface area contributed by atoms with E-state index in [1.54, 1.807) is 5.57 Å². The second-order valence-electron chi connectivity index (χ2n) is 4.41. The SMILES string of the molecule is CNC(C1=CCCC1)C1CCCOC1. The Morgan fingerprint density at radius 3 is 3.00 bits per heavy atom. The summed E-state index contributed by atoms with van der Waals surface area (Å²) >= 11 is 0. The Labute approximate surface area is 86.7 Å². The molecular formula is C12H21NO. The number of rotatable bonds is 3. The van der Waals surface area contributed by atoms with Crippen molar-refractivity contribution >= 4 is 0 Å². The van der Waals surface area contributed by atoms with E-state index < -0.39 is 0 Å². The van der Waals surface area contributed by atoms with E-state index in [0.29, 0.717) is 12.0 Å². The van der Waals surface area contributed by atoms with Crippen molar-refractivity contribution in [3.05, 3.63) is 11.6 Å². The molecule has 2 aliphatic rings. The van der Waals surface area contributed by atoms with Gasteiger partial charge in [0.05, 0.1) is 6.61 Å². The highest BCUT2D eigenvalue weighted by Gasteiger charge is 2.26. The number of ether oxygens (including phenoxy) is 1. The fourth-order valence-electron chi connectivity index (χ4n) is 2.73. The summed E-state index contributed by atoms with van der Waals surface area (Å²) < 4.78 is 5.56. The largest absolute Gasteiger partial charge is 0.381 e. The first-order valence-electron chi connectivity index (χ1n) is 5.86. The van der Waals surface area contributed by atoms with Gasteiger partial charge in [-0.2, -0.15) is 0 Å². The van der Waals surface area contributed by atoms with Crippen LogP contribution in [0.1, 0.15) is 32.1 Å². The number of likely N-dealkylation sites (N-methyl/N-ethyl adjacent to an activating group) is 1. The number of allylic oxidation sites excluding steroid dienone is 1. The van der Waals surface area contributed by atoms with Crippen LogP contribution in [0.2, 0.25) is 0 Å². The number of hydrogen-bond donors (Lipinski definition) is 1. The topological polar surface area (TPSA) is 21.3 Å². The smallest absolute Gasteiger partial charge is 0.0512 e. The Morgan fingerprint density at radius 1 is 1.50 bits per heavy atom. The highest BCUT2D eigenvalue weighted by Crippen LogP contribution is 2.28. The quantitative estimate of drug-likeness (QED) is 0.696. The first kappa shape index (κ1) is 10.2. The van der Waals surface area contributed by atoms with Gasteiger partial charge in [0.2, 0.25) is 0 Å². The van der Waals surface area contributed by atoms with Crippen molar-refractivity contribution in [2.24, 2.45) is 5.92 Å². The summed E-state index contributed by atoms with van der Waals surface area (Å²) in [6.07, 6.45) is 8.90. The third-order valence-electron chi connectivity index (χ3n) is 3.45. The molecule has 1 aliphatic heterocycles. The number of hydrogen-bond acceptors (Lipinski definition) is 2. The maximum absolute atomic E-state index is 5.56. The van der Waals surface area contributed by atoms with Crippen LogP contribution in [0.5, 0.6) is 0 Å². The van der Waals surface area contributed by atoms with Gasteiger partial charge in [0.25, 0.3) is 0 Å². The molecule has 1 fully saturated rings. The van der Waals surface area contributed by atoms with Crippen LogP contribution in [0.15, 0.2) is 11.6 Å².